The van der Waals surface area contributed by atoms with Gasteiger partial charge in [0.2, 0.25) is 0 Å². The van der Waals surface area contributed by atoms with Crippen LogP contribution in [0.15, 0.2) is 24.3 Å². The number of nitrogens with zero attached hydrogens (tertiary/aromatic N) is 1. The van der Waals surface area contributed by atoms with Crippen LogP contribution in [0.2, 0.25) is 0 Å². The topological polar surface area (TPSA) is 41.6 Å². The van der Waals surface area contributed by atoms with E-state index in [4.69, 9.17) is 4.74 Å². The molecule has 0 aliphatic carbocycles. The fraction of sp³-hybridized carbons (Fsp3) is 0.562. The summed E-state index contributed by atoms with van der Waals surface area (Å²) < 4.78 is 5.34. The zero-order chi connectivity index (χ0) is 13.8. The third-order valence-electron chi connectivity index (χ3n) is 4.12. The van der Waals surface area contributed by atoms with Crippen LogP contribution in [0.1, 0.15) is 35.2 Å². The first kappa shape index (κ1) is 13.6. The molecule has 0 spiro atoms. The highest BCUT2D eigenvalue weighted by atomic mass is 16.5. The van der Waals surface area contributed by atoms with Crippen molar-refractivity contribution in [1.29, 1.82) is 0 Å². The summed E-state index contributed by atoms with van der Waals surface area (Å²) in [6.07, 6.45) is 3.36. The molecule has 20 heavy (non-hydrogen) atoms. The van der Waals surface area contributed by atoms with Crippen LogP contribution in [-0.2, 0) is 11.3 Å². The summed E-state index contributed by atoms with van der Waals surface area (Å²) in [5, 5.41) is 3.48. The Morgan fingerprint density at radius 1 is 1.25 bits per heavy atom. The lowest BCUT2D eigenvalue weighted by Gasteiger charge is -2.15. The Morgan fingerprint density at radius 2 is 2.00 bits per heavy atom. The Kier molecular flexibility index (Phi) is 4.33. The Morgan fingerprint density at radius 3 is 2.65 bits per heavy atom. The van der Waals surface area contributed by atoms with Crippen LogP contribution < -0.4 is 5.32 Å². The lowest BCUT2D eigenvalue weighted by molar-refractivity contribution is 0.0793. The monoisotopic (exact) mass is 274 g/mol. The molecule has 0 bridgehead atoms. The van der Waals surface area contributed by atoms with Crippen molar-refractivity contribution in [2.45, 2.75) is 31.8 Å². The van der Waals surface area contributed by atoms with Crippen LogP contribution in [0.25, 0.3) is 0 Å². The minimum absolute atomic E-state index is 0.172. The van der Waals surface area contributed by atoms with E-state index in [9.17, 15) is 4.79 Å². The molecule has 1 amide bonds. The van der Waals surface area contributed by atoms with Crippen LogP contribution in [0.5, 0.6) is 0 Å². The summed E-state index contributed by atoms with van der Waals surface area (Å²) in [6, 6.07) is 8.46. The summed E-state index contributed by atoms with van der Waals surface area (Å²) >= 11 is 0. The maximum Gasteiger partial charge on any atom is 0.253 e. The van der Waals surface area contributed by atoms with Gasteiger partial charge in [-0.1, -0.05) is 12.1 Å². The summed E-state index contributed by atoms with van der Waals surface area (Å²) in [5.74, 6) is 0.172. The number of rotatable bonds is 4. The largest absolute Gasteiger partial charge is 0.380 e. The molecule has 2 aliphatic rings. The standard InChI is InChI=1S/C16H22N2O2/c19-16(18-8-1-2-9-18)14-5-3-13(4-6-14)11-17-15-7-10-20-12-15/h3-6,15,17H,1-2,7-12H2/t15-/m1/s1. The van der Waals surface area contributed by atoms with Gasteiger partial charge in [-0.3, -0.25) is 4.79 Å². The summed E-state index contributed by atoms with van der Waals surface area (Å²) in [6.45, 7) is 4.33. The van der Waals surface area contributed by atoms with E-state index in [0.717, 1.165) is 57.7 Å². The fourth-order valence-corrected chi connectivity index (χ4v) is 2.83. The number of likely N-dealkylation sites (tertiary alicyclic amines) is 1. The van der Waals surface area contributed by atoms with Crippen LogP contribution in [0.4, 0.5) is 0 Å². The minimum Gasteiger partial charge on any atom is -0.380 e. The van der Waals surface area contributed by atoms with Gasteiger partial charge in [0.1, 0.15) is 0 Å². The van der Waals surface area contributed by atoms with Crippen LogP contribution >= 0.6 is 0 Å². The molecule has 4 nitrogen and oxygen atoms in total. The Labute approximate surface area is 120 Å². The molecule has 2 fully saturated rings. The lowest BCUT2D eigenvalue weighted by atomic mass is 10.1. The van der Waals surface area contributed by atoms with Gasteiger partial charge >= 0.3 is 0 Å². The van der Waals surface area contributed by atoms with Gasteiger partial charge in [0.15, 0.2) is 0 Å². The summed E-state index contributed by atoms with van der Waals surface area (Å²) in [4.78, 5) is 14.2. The van der Waals surface area contributed by atoms with Gasteiger partial charge in [-0.2, -0.15) is 0 Å². The first-order chi connectivity index (χ1) is 9.83. The SMILES string of the molecule is O=C(c1ccc(CN[C@@H]2CCOC2)cc1)N1CCCC1. The average molecular weight is 274 g/mol. The molecule has 1 atom stereocenters. The molecular weight excluding hydrogens is 252 g/mol. The fourth-order valence-electron chi connectivity index (χ4n) is 2.83. The lowest BCUT2D eigenvalue weighted by Crippen LogP contribution is -2.29. The number of amides is 1. The second-order valence-electron chi connectivity index (χ2n) is 5.64. The number of hydrogen-bond acceptors (Lipinski definition) is 3. The number of nitrogens with one attached hydrogen (secondary N) is 1. The van der Waals surface area contributed by atoms with E-state index in [0.29, 0.717) is 6.04 Å². The van der Waals surface area contributed by atoms with Crippen molar-refractivity contribution in [3.63, 3.8) is 0 Å². The van der Waals surface area contributed by atoms with Crippen molar-refractivity contribution in [1.82, 2.24) is 10.2 Å². The summed E-state index contributed by atoms with van der Waals surface area (Å²) in [5.41, 5.74) is 2.02. The smallest absolute Gasteiger partial charge is 0.253 e. The predicted molar refractivity (Wildman–Crippen MR) is 77.6 cm³/mol. The Balaban J connectivity index is 1.54. The number of benzene rings is 1. The van der Waals surface area contributed by atoms with Crippen molar-refractivity contribution >= 4 is 5.91 Å². The van der Waals surface area contributed by atoms with Crippen molar-refractivity contribution in [3.05, 3.63) is 35.4 Å². The van der Waals surface area contributed by atoms with Crippen molar-refractivity contribution in [3.8, 4) is 0 Å². The third kappa shape index (κ3) is 3.19. The van der Waals surface area contributed by atoms with Crippen LogP contribution in [-0.4, -0.2) is 43.2 Å². The normalized spacial score (nSPS) is 22.4. The molecule has 0 radical (unpaired) electrons. The second kappa shape index (κ2) is 6.37. The molecule has 4 heteroatoms. The molecule has 108 valence electrons. The third-order valence-corrected chi connectivity index (χ3v) is 4.12. The van der Waals surface area contributed by atoms with Crippen molar-refractivity contribution < 1.29 is 9.53 Å². The zero-order valence-electron chi connectivity index (χ0n) is 11.8. The maximum atomic E-state index is 12.2. The first-order valence-electron chi connectivity index (χ1n) is 7.52. The number of carbonyl (C=O) groups is 1. The molecule has 1 aromatic carbocycles. The molecule has 0 unspecified atom stereocenters. The first-order valence-corrected chi connectivity index (χ1v) is 7.52. The molecule has 1 aromatic rings. The van der Waals surface area contributed by atoms with E-state index < -0.39 is 0 Å². The summed E-state index contributed by atoms with van der Waals surface area (Å²) in [7, 11) is 0. The van der Waals surface area contributed by atoms with E-state index in [2.05, 4.69) is 5.32 Å². The number of carbonyl (C=O) groups excluding carboxylic acids is 1. The van der Waals surface area contributed by atoms with Crippen molar-refractivity contribution in [2.24, 2.45) is 0 Å². The Hall–Kier alpha value is -1.39. The van der Waals surface area contributed by atoms with Gasteiger partial charge in [0.05, 0.1) is 6.61 Å². The highest BCUT2D eigenvalue weighted by molar-refractivity contribution is 5.94. The molecule has 1 N–H and O–H groups in total. The molecule has 2 saturated heterocycles. The maximum absolute atomic E-state index is 12.2. The second-order valence-corrected chi connectivity index (χ2v) is 5.64. The van der Waals surface area contributed by atoms with E-state index >= 15 is 0 Å². The average Bonchev–Trinajstić information content (AvgIpc) is 3.18. The zero-order valence-corrected chi connectivity index (χ0v) is 11.8. The van der Waals surface area contributed by atoms with Crippen LogP contribution in [0, 0.1) is 0 Å². The minimum atomic E-state index is 0.172. The van der Waals surface area contributed by atoms with Gasteiger partial charge in [-0.15, -0.1) is 0 Å². The van der Waals surface area contributed by atoms with Gasteiger partial charge in [0.25, 0.3) is 5.91 Å². The predicted octanol–water partition coefficient (Wildman–Crippen LogP) is 1.80. The van der Waals surface area contributed by atoms with Crippen LogP contribution in [0.3, 0.4) is 0 Å². The quantitative estimate of drug-likeness (QED) is 0.910. The van der Waals surface area contributed by atoms with E-state index in [1.807, 2.05) is 29.2 Å². The van der Waals surface area contributed by atoms with Gasteiger partial charge < -0.3 is 15.0 Å². The number of hydrogen-bond donors (Lipinski definition) is 1. The Bertz CT molecular complexity index is 446. The van der Waals surface area contributed by atoms with E-state index in [-0.39, 0.29) is 5.91 Å². The highest BCUT2D eigenvalue weighted by Gasteiger charge is 2.19. The molecule has 2 heterocycles. The van der Waals surface area contributed by atoms with Gasteiger partial charge in [-0.25, -0.2) is 0 Å². The van der Waals surface area contributed by atoms with Gasteiger partial charge in [0, 0.05) is 37.8 Å². The molecule has 0 aromatic heterocycles. The molecular formula is C16H22N2O2. The molecule has 0 saturated carbocycles. The van der Waals surface area contributed by atoms with E-state index in [1.54, 1.807) is 0 Å². The number of ether oxygens (including phenoxy) is 1. The highest BCUT2D eigenvalue weighted by Crippen LogP contribution is 2.14. The molecule has 3 rings (SSSR count). The molecule has 2 aliphatic heterocycles. The van der Waals surface area contributed by atoms with Gasteiger partial charge in [-0.05, 0) is 37.0 Å². The van der Waals surface area contributed by atoms with Crippen molar-refractivity contribution in [2.75, 3.05) is 26.3 Å². The van der Waals surface area contributed by atoms with E-state index in [1.165, 1.54) is 5.56 Å².